The molecule has 1 heterocycles. The van der Waals surface area contributed by atoms with Crippen molar-refractivity contribution in [2.75, 3.05) is 6.54 Å². The molecular formula is C35H50N4O3. The van der Waals surface area contributed by atoms with Crippen LogP contribution in [-0.2, 0) is 14.3 Å². The number of nitrogens with one attached hydrogen (secondary N) is 1. The van der Waals surface area contributed by atoms with Crippen molar-refractivity contribution in [1.29, 1.82) is 0 Å². The Morgan fingerprint density at radius 3 is 2.57 bits per heavy atom. The van der Waals surface area contributed by atoms with Crippen LogP contribution in [0.15, 0.2) is 48.3 Å². The topological polar surface area (TPSA) is 99.2 Å². The third-order valence-electron chi connectivity index (χ3n) is 11.0. The van der Waals surface area contributed by atoms with Gasteiger partial charge in [-0.15, -0.1) is 0 Å². The average Bonchev–Trinajstić information content (AvgIpc) is 3.57. The van der Waals surface area contributed by atoms with Crippen molar-refractivity contribution >= 4 is 28.6 Å². The molecule has 1 aromatic carbocycles. The Hall–Kier alpha value is -2.93. The van der Waals surface area contributed by atoms with Gasteiger partial charge in [0.15, 0.2) is 0 Å². The van der Waals surface area contributed by atoms with Gasteiger partial charge in [-0.05, 0) is 79.7 Å². The molecule has 0 bridgehead atoms. The van der Waals surface area contributed by atoms with Crippen LogP contribution in [-0.4, -0.2) is 40.1 Å². The van der Waals surface area contributed by atoms with E-state index >= 15 is 0 Å². The van der Waals surface area contributed by atoms with Crippen LogP contribution in [0.1, 0.15) is 86.5 Å². The number of nitrogens with zero attached hydrogens (tertiary/aromatic N) is 2. The highest BCUT2D eigenvalue weighted by Crippen LogP contribution is 2.65. The van der Waals surface area contributed by atoms with E-state index in [2.05, 4.69) is 60.1 Å². The smallest absolute Gasteiger partial charge is 0.325 e. The minimum Gasteiger partial charge on any atom is -0.461 e. The van der Waals surface area contributed by atoms with Crippen molar-refractivity contribution in [2.24, 2.45) is 40.2 Å². The standard InChI is InChI=1S/C33H44N4O3.C2H6/c1-20(2)30(34)31(39)35-18-29(38)40-22-13-15-32(3)21(17-22)9-10-23-24-11-12-28(33(24,4)16-14-25(23)32)37-19-36-26-7-5-6-8-27(26)37;1-2/h5-9,12,19-20,22-25,30H,10-11,13-18,34H2,1-4H3,(H,35,39);1-2H3. The Morgan fingerprint density at radius 2 is 1.81 bits per heavy atom. The molecule has 7 unspecified atom stereocenters. The van der Waals surface area contributed by atoms with E-state index in [-0.39, 0.29) is 41.3 Å². The SMILES string of the molecule is CC.CC(C)C(N)C(=O)NCC(=O)OC1CCC2(C)C(=CCC3C2CCC2(C)C(n4cnc5ccccc54)=CCC32)C1. The number of carbonyl (C=O) groups excluding carboxylic acids is 2. The lowest BCUT2D eigenvalue weighted by molar-refractivity contribution is -0.151. The first-order chi connectivity index (χ1) is 20.1. The summed E-state index contributed by atoms with van der Waals surface area (Å²) in [4.78, 5) is 29.4. The number of fused-ring (bicyclic) bond motifs is 6. The van der Waals surface area contributed by atoms with Gasteiger partial charge < -0.3 is 20.4 Å². The molecule has 42 heavy (non-hydrogen) atoms. The molecule has 4 aliphatic carbocycles. The summed E-state index contributed by atoms with van der Waals surface area (Å²) in [6, 6.07) is 7.82. The van der Waals surface area contributed by atoms with Gasteiger partial charge in [0.2, 0.25) is 5.91 Å². The molecule has 4 aliphatic rings. The minimum atomic E-state index is -0.619. The molecule has 0 radical (unpaired) electrons. The molecule has 2 fully saturated rings. The van der Waals surface area contributed by atoms with Crippen molar-refractivity contribution in [2.45, 2.75) is 98.6 Å². The molecule has 0 aliphatic heterocycles. The van der Waals surface area contributed by atoms with Crippen molar-refractivity contribution in [1.82, 2.24) is 14.9 Å². The van der Waals surface area contributed by atoms with Gasteiger partial charge in [0.05, 0.1) is 17.1 Å². The van der Waals surface area contributed by atoms with Crippen LogP contribution in [0.3, 0.4) is 0 Å². The van der Waals surface area contributed by atoms with E-state index in [1.54, 1.807) is 0 Å². The van der Waals surface area contributed by atoms with Gasteiger partial charge >= 0.3 is 5.97 Å². The molecule has 1 aromatic heterocycles. The molecule has 7 heteroatoms. The second-order valence-electron chi connectivity index (χ2n) is 13.5. The lowest BCUT2D eigenvalue weighted by atomic mass is 9.47. The monoisotopic (exact) mass is 574 g/mol. The Bertz CT molecular complexity index is 1380. The summed E-state index contributed by atoms with van der Waals surface area (Å²) in [5.41, 5.74) is 11.4. The Balaban J connectivity index is 0.00000173. The molecule has 0 saturated heterocycles. The predicted octanol–water partition coefficient (Wildman–Crippen LogP) is 6.49. The second-order valence-corrected chi connectivity index (χ2v) is 13.5. The van der Waals surface area contributed by atoms with E-state index in [4.69, 9.17) is 15.5 Å². The summed E-state index contributed by atoms with van der Waals surface area (Å²) in [6.45, 7) is 12.6. The summed E-state index contributed by atoms with van der Waals surface area (Å²) in [5, 5.41) is 2.64. The van der Waals surface area contributed by atoms with Crippen molar-refractivity contribution < 1.29 is 14.3 Å². The summed E-state index contributed by atoms with van der Waals surface area (Å²) in [5.74, 6) is 1.29. The van der Waals surface area contributed by atoms with Gasteiger partial charge in [0.25, 0.3) is 0 Å². The number of carbonyl (C=O) groups is 2. The minimum absolute atomic E-state index is 0.0177. The fourth-order valence-electron chi connectivity index (χ4n) is 8.60. The molecule has 1 amide bonds. The lowest BCUT2D eigenvalue weighted by Gasteiger charge is -2.57. The largest absolute Gasteiger partial charge is 0.461 e. The number of nitrogens with two attached hydrogens (primary N) is 1. The number of imidazole rings is 1. The zero-order chi connectivity index (χ0) is 30.2. The van der Waals surface area contributed by atoms with Gasteiger partial charge in [-0.25, -0.2) is 4.98 Å². The van der Waals surface area contributed by atoms with E-state index in [0.717, 1.165) is 37.6 Å². The Kier molecular flexibility index (Phi) is 8.71. The number of hydrogen-bond acceptors (Lipinski definition) is 5. The van der Waals surface area contributed by atoms with Crippen LogP contribution < -0.4 is 11.1 Å². The maximum Gasteiger partial charge on any atom is 0.325 e. The number of rotatable bonds is 6. The van der Waals surface area contributed by atoms with Crippen molar-refractivity contribution in [3.8, 4) is 0 Å². The zero-order valence-corrected chi connectivity index (χ0v) is 26.4. The molecule has 228 valence electrons. The van der Waals surface area contributed by atoms with Gasteiger partial charge in [-0.2, -0.15) is 0 Å². The number of esters is 1. The third-order valence-corrected chi connectivity index (χ3v) is 11.0. The maximum absolute atomic E-state index is 12.5. The zero-order valence-electron chi connectivity index (χ0n) is 26.4. The molecule has 2 saturated carbocycles. The third kappa shape index (κ3) is 5.23. The first kappa shape index (κ1) is 30.5. The van der Waals surface area contributed by atoms with E-state index in [9.17, 15) is 9.59 Å². The molecule has 0 spiro atoms. The van der Waals surface area contributed by atoms with E-state index in [1.165, 1.54) is 29.6 Å². The summed E-state index contributed by atoms with van der Waals surface area (Å²) in [7, 11) is 0. The van der Waals surface area contributed by atoms with Crippen LogP contribution >= 0.6 is 0 Å². The van der Waals surface area contributed by atoms with Crippen molar-refractivity contribution in [3.05, 3.63) is 48.3 Å². The molecule has 7 atom stereocenters. The van der Waals surface area contributed by atoms with E-state index in [1.807, 2.05) is 34.0 Å². The normalized spacial score (nSPS) is 32.4. The van der Waals surface area contributed by atoms with Gasteiger partial charge in [-0.3, -0.25) is 9.59 Å². The number of para-hydroxylation sites is 2. The van der Waals surface area contributed by atoms with Crippen molar-refractivity contribution in [3.63, 3.8) is 0 Å². The number of allylic oxidation sites excluding steroid dienone is 3. The molecular weight excluding hydrogens is 524 g/mol. The molecule has 2 aromatic rings. The predicted molar refractivity (Wildman–Crippen MR) is 168 cm³/mol. The second kappa shape index (κ2) is 12.0. The number of benzene rings is 1. The summed E-state index contributed by atoms with van der Waals surface area (Å²) in [6.07, 6.45) is 14.2. The fraction of sp³-hybridized carbons (Fsp3) is 0.629. The highest BCUT2D eigenvalue weighted by Gasteiger charge is 2.57. The van der Waals surface area contributed by atoms with Crippen LogP contribution in [0, 0.1) is 34.5 Å². The van der Waals surface area contributed by atoms with Crippen LogP contribution in [0.2, 0.25) is 0 Å². The molecule has 3 N–H and O–H groups in total. The van der Waals surface area contributed by atoms with Crippen LogP contribution in [0.4, 0.5) is 0 Å². The van der Waals surface area contributed by atoms with Crippen LogP contribution in [0.5, 0.6) is 0 Å². The first-order valence-electron chi connectivity index (χ1n) is 16.2. The number of hydrogen-bond donors (Lipinski definition) is 2. The maximum atomic E-state index is 12.5. The highest BCUT2D eigenvalue weighted by atomic mass is 16.5. The first-order valence-corrected chi connectivity index (χ1v) is 16.2. The number of ether oxygens (including phenoxy) is 1. The summed E-state index contributed by atoms with van der Waals surface area (Å²) < 4.78 is 8.18. The van der Waals surface area contributed by atoms with Gasteiger partial charge in [0, 0.05) is 17.5 Å². The summed E-state index contributed by atoms with van der Waals surface area (Å²) >= 11 is 0. The molecule has 7 nitrogen and oxygen atoms in total. The Morgan fingerprint density at radius 1 is 1.07 bits per heavy atom. The lowest BCUT2D eigenvalue weighted by Crippen LogP contribution is -2.50. The molecule has 6 rings (SSSR count). The van der Waals surface area contributed by atoms with E-state index in [0.29, 0.717) is 17.8 Å². The number of aromatic nitrogens is 2. The fourth-order valence-corrected chi connectivity index (χ4v) is 8.60. The van der Waals surface area contributed by atoms with Gasteiger partial charge in [-0.1, -0.05) is 71.4 Å². The van der Waals surface area contributed by atoms with E-state index < -0.39 is 6.04 Å². The van der Waals surface area contributed by atoms with Gasteiger partial charge in [0.1, 0.15) is 19.0 Å². The van der Waals surface area contributed by atoms with Crippen LogP contribution in [0.25, 0.3) is 16.7 Å². The Labute approximate surface area is 251 Å². The average molecular weight is 575 g/mol. The highest BCUT2D eigenvalue weighted by molar-refractivity contribution is 5.85. The quantitative estimate of drug-likeness (QED) is 0.304. The number of amides is 1.